The van der Waals surface area contributed by atoms with Crippen LogP contribution in [0.25, 0.3) is 0 Å². The molecule has 0 amide bonds. The third kappa shape index (κ3) is 7.59. The van der Waals surface area contributed by atoms with Gasteiger partial charge in [0, 0.05) is 6.42 Å². The van der Waals surface area contributed by atoms with Gasteiger partial charge in [-0.3, -0.25) is 0 Å². The Bertz CT molecular complexity index is 88.3. The molecule has 0 bridgehead atoms. The van der Waals surface area contributed by atoms with Crippen LogP contribution >= 0.6 is 0 Å². The first kappa shape index (κ1) is 8.59. The molecule has 3 heteroatoms. The van der Waals surface area contributed by atoms with Crippen molar-refractivity contribution in [3.8, 4) is 0 Å². The largest absolute Gasteiger partial charge is 0.368 e. The lowest BCUT2D eigenvalue weighted by Crippen LogP contribution is -2.04. The predicted octanol–water partition coefficient (Wildman–Crippen LogP) is 0.0564. The van der Waals surface area contributed by atoms with Crippen LogP contribution in [0.2, 0.25) is 0 Å². The van der Waals surface area contributed by atoms with Gasteiger partial charge >= 0.3 is 0 Å². The minimum absolute atomic E-state index is 0.0932. The number of carbonyl (C=O) groups excluding carboxylic acids is 1. The van der Waals surface area contributed by atoms with Gasteiger partial charge in [0.2, 0.25) is 0 Å². The fourth-order valence-corrected chi connectivity index (χ4v) is 0.534. The van der Waals surface area contributed by atoms with Gasteiger partial charge in [0.05, 0.1) is 0 Å². The van der Waals surface area contributed by atoms with Crippen LogP contribution < -0.4 is 0 Å². The molecule has 0 unspecified atom stereocenters. The van der Waals surface area contributed by atoms with Crippen LogP contribution in [0.15, 0.2) is 0 Å². The summed E-state index contributed by atoms with van der Waals surface area (Å²) in [7, 11) is 0. The Labute approximate surface area is 54.3 Å². The van der Waals surface area contributed by atoms with Crippen LogP contribution in [0.3, 0.4) is 0 Å². The lowest BCUT2D eigenvalue weighted by molar-refractivity contribution is -0.117. The summed E-state index contributed by atoms with van der Waals surface area (Å²) < 4.78 is 0. The van der Waals surface area contributed by atoms with E-state index in [-0.39, 0.29) is 5.78 Å². The third-order valence-corrected chi connectivity index (χ3v) is 0.991. The molecule has 9 heavy (non-hydrogen) atoms. The van der Waals surface area contributed by atoms with Gasteiger partial charge in [-0.15, -0.1) is 0 Å². The van der Waals surface area contributed by atoms with Gasteiger partial charge in [-0.25, -0.2) is 0 Å². The SMILES string of the molecule is CC(=O)CCCC(O)O. The highest BCUT2D eigenvalue weighted by atomic mass is 16.5. The third-order valence-electron chi connectivity index (χ3n) is 0.991. The summed E-state index contributed by atoms with van der Waals surface area (Å²) in [5.41, 5.74) is 0. The average molecular weight is 132 g/mol. The fraction of sp³-hybridized carbons (Fsp3) is 0.833. The first-order valence-electron chi connectivity index (χ1n) is 2.98. The van der Waals surface area contributed by atoms with Gasteiger partial charge in [-0.2, -0.15) is 0 Å². The first-order chi connectivity index (χ1) is 4.13. The number of hydrogen-bond donors (Lipinski definition) is 2. The molecule has 0 saturated heterocycles. The maximum absolute atomic E-state index is 10.3. The summed E-state index contributed by atoms with van der Waals surface area (Å²) in [4.78, 5) is 10.3. The monoisotopic (exact) mass is 132 g/mol. The summed E-state index contributed by atoms with van der Waals surface area (Å²) in [6.45, 7) is 1.49. The predicted molar refractivity (Wildman–Crippen MR) is 32.8 cm³/mol. The van der Waals surface area contributed by atoms with Gasteiger partial charge in [-0.05, 0) is 19.8 Å². The summed E-state index contributed by atoms with van der Waals surface area (Å²) in [6.07, 6.45) is 0.0360. The van der Waals surface area contributed by atoms with Gasteiger partial charge in [0.25, 0.3) is 0 Å². The summed E-state index contributed by atoms with van der Waals surface area (Å²) in [5, 5.41) is 16.6. The van der Waals surface area contributed by atoms with Crippen molar-refractivity contribution in [1.82, 2.24) is 0 Å². The second kappa shape index (κ2) is 4.47. The number of Topliss-reactive ketones (excluding diaryl/α,β-unsaturated/α-hetero) is 1. The van der Waals surface area contributed by atoms with E-state index in [4.69, 9.17) is 10.2 Å². The molecule has 0 aliphatic rings. The van der Waals surface area contributed by atoms with E-state index < -0.39 is 6.29 Å². The molecule has 2 N–H and O–H groups in total. The zero-order valence-corrected chi connectivity index (χ0v) is 5.50. The van der Waals surface area contributed by atoms with Crippen LogP contribution in [0.1, 0.15) is 26.2 Å². The fourth-order valence-electron chi connectivity index (χ4n) is 0.534. The van der Waals surface area contributed by atoms with Crippen LogP contribution in [0, 0.1) is 0 Å². The van der Waals surface area contributed by atoms with E-state index >= 15 is 0 Å². The maximum atomic E-state index is 10.3. The van der Waals surface area contributed by atoms with E-state index in [0.717, 1.165) is 0 Å². The first-order valence-corrected chi connectivity index (χ1v) is 2.98. The molecule has 0 heterocycles. The Kier molecular flexibility index (Phi) is 4.26. The Morgan fingerprint density at radius 2 is 2.11 bits per heavy atom. The maximum Gasteiger partial charge on any atom is 0.151 e. The topological polar surface area (TPSA) is 57.5 Å². The van der Waals surface area contributed by atoms with Crippen LogP contribution in [-0.2, 0) is 4.79 Å². The molecule has 54 valence electrons. The van der Waals surface area contributed by atoms with E-state index in [9.17, 15) is 4.79 Å². The molecular weight excluding hydrogens is 120 g/mol. The number of hydrogen-bond acceptors (Lipinski definition) is 3. The molecule has 0 aliphatic heterocycles. The number of carbonyl (C=O) groups is 1. The number of ketones is 1. The highest BCUT2D eigenvalue weighted by molar-refractivity contribution is 5.75. The minimum atomic E-state index is -1.26. The summed E-state index contributed by atoms with van der Waals surface area (Å²) in [5.74, 6) is 0.0932. The van der Waals surface area contributed by atoms with Crippen molar-refractivity contribution < 1.29 is 15.0 Å². The molecule has 0 saturated carbocycles. The van der Waals surface area contributed by atoms with Gasteiger partial charge in [-0.1, -0.05) is 0 Å². The molecule has 0 aromatic rings. The summed E-state index contributed by atoms with van der Waals surface area (Å²) in [6, 6.07) is 0. The lowest BCUT2D eigenvalue weighted by Gasteiger charge is -1.99. The van der Waals surface area contributed by atoms with E-state index in [1.54, 1.807) is 0 Å². The zero-order valence-electron chi connectivity index (χ0n) is 5.50. The Morgan fingerprint density at radius 1 is 1.56 bits per heavy atom. The van der Waals surface area contributed by atoms with Gasteiger partial charge in [0.1, 0.15) is 5.78 Å². The van der Waals surface area contributed by atoms with Gasteiger partial charge < -0.3 is 15.0 Å². The second-order valence-corrected chi connectivity index (χ2v) is 2.07. The van der Waals surface area contributed by atoms with Crippen molar-refractivity contribution in [2.24, 2.45) is 0 Å². The highest BCUT2D eigenvalue weighted by Gasteiger charge is 1.97. The van der Waals surface area contributed by atoms with Gasteiger partial charge in [0.15, 0.2) is 6.29 Å². The van der Waals surface area contributed by atoms with Crippen molar-refractivity contribution in [3.63, 3.8) is 0 Å². The van der Waals surface area contributed by atoms with E-state index in [2.05, 4.69) is 0 Å². The van der Waals surface area contributed by atoms with Crippen molar-refractivity contribution in [1.29, 1.82) is 0 Å². The normalized spacial score (nSPS) is 10.2. The number of rotatable bonds is 4. The molecule has 0 spiro atoms. The Balaban J connectivity index is 3.01. The van der Waals surface area contributed by atoms with Crippen LogP contribution in [0.5, 0.6) is 0 Å². The quantitative estimate of drug-likeness (QED) is 0.531. The van der Waals surface area contributed by atoms with Crippen molar-refractivity contribution in [2.75, 3.05) is 0 Å². The molecule has 0 radical (unpaired) electrons. The Morgan fingerprint density at radius 3 is 2.44 bits per heavy atom. The van der Waals surface area contributed by atoms with Crippen molar-refractivity contribution in [3.05, 3.63) is 0 Å². The second-order valence-electron chi connectivity index (χ2n) is 2.07. The van der Waals surface area contributed by atoms with E-state index in [0.29, 0.717) is 19.3 Å². The molecule has 0 aromatic carbocycles. The molecule has 0 aromatic heterocycles. The molecule has 0 atom stereocenters. The molecular formula is C6H12O3. The molecule has 0 aliphatic carbocycles. The average Bonchev–Trinajstić information content (AvgIpc) is 1.63. The number of aliphatic hydroxyl groups excluding tert-OH is 1. The van der Waals surface area contributed by atoms with Crippen LogP contribution in [0.4, 0.5) is 0 Å². The molecule has 0 fully saturated rings. The lowest BCUT2D eigenvalue weighted by atomic mass is 10.2. The minimum Gasteiger partial charge on any atom is -0.368 e. The smallest absolute Gasteiger partial charge is 0.151 e. The molecule has 0 rings (SSSR count). The van der Waals surface area contributed by atoms with Crippen molar-refractivity contribution in [2.45, 2.75) is 32.5 Å². The summed E-state index contributed by atoms with van der Waals surface area (Å²) >= 11 is 0. The van der Waals surface area contributed by atoms with E-state index in [1.165, 1.54) is 6.92 Å². The van der Waals surface area contributed by atoms with Crippen molar-refractivity contribution >= 4 is 5.78 Å². The molecule has 3 nitrogen and oxygen atoms in total. The van der Waals surface area contributed by atoms with Crippen LogP contribution in [-0.4, -0.2) is 22.3 Å². The Hall–Kier alpha value is -0.410. The standard InChI is InChI=1S/C6H12O3/c1-5(7)3-2-4-6(8)9/h6,8-9H,2-4H2,1H3. The van der Waals surface area contributed by atoms with E-state index in [1.807, 2.05) is 0 Å². The zero-order chi connectivity index (χ0) is 7.28. The highest BCUT2D eigenvalue weighted by Crippen LogP contribution is 1.97. The number of aliphatic hydroxyl groups is 2.